The third kappa shape index (κ3) is 1.48. The van der Waals surface area contributed by atoms with Crippen molar-refractivity contribution in [1.29, 1.82) is 0 Å². The van der Waals surface area contributed by atoms with Crippen LogP contribution in [-0.4, -0.2) is 17.5 Å². The smallest absolute Gasteiger partial charge is 0.254 e. The third-order valence-corrected chi connectivity index (χ3v) is 5.19. The average Bonchev–Trinajstić information content (AvgIpc) is 2.58. The van der Waals surface area contributed by atoms with Crippen LogP contribution in [0, 0.1) is 16.7 Å². The summed E-state index contributed by atoms with van der Waals surface area (Å²) >= 11 is 5.43. The molecule has 0 saturated heterocycles. The van der Waals surface area contributed by atoms with E-state index in [0.717, 1.165) is 12.1 Å². The molecule has 0 radical (unpaired) electrons. The van der Waals surface area contributed by atoms with Crippen molar-refractivity contribution in [3.8, 4) is 0 Å². The Kier molecular flexibility index (Phi) is 2.77. The number of halogens is 1. The zero-order valence-electron chi connectivity index (χ0n) is 10.1. The van der Waals surface area contributed by atoms with Crippen LogP contribution in [0.3, 0.4) is 0 Å². The van der Waals surface area contributed by atoms with E-state index in [9.17, 15) is 4.79 Å². The second kappa shape index (κ2) is 3.73. The molecule has 16 heavy (non-hydrogen) atoms. The Morgan fingerprint density at radius 3 is 2.69 bits per heavy atom. The zero-order valence-corrected chi connectivity index (χ0v) is 10.9. The van der Waals surface area contributed by atoms with E-state index < -0.39 is 0 Å². The fraction of sp³-hybridized carbons (Fsp3) is 0.833. The molecule has 2 fully saturated rings. The number of amides is 1. The molecule has 1 N–H and O–H groups in total. The molecule has 3 nitrogen and oxygen atoms in total. The van der Waals surface area contributed by atoms with Crippen molar-refractivity contribution in [2.75, 3.05) is 5.88 Å². The molecule has 2 saturated carbocycles. The summed E-state index contributed by atoms with van der Waals surface area (Å²) in [4.78, 5) is 11.1. The minimum Gasteiger partial charge on any atom is -0.272 e. The monoisotopic (exact) mass is 242 g/mol. The lowest BCUT2D eigenvalue weighted by atomic mass is 9.70. The number of carbonyl (C=O) groups excluding carboxylic acids is 1. The molecule has 0 aromatic carbocycles. The van der Waals surface area contributed by atoms with Gasteiger partial charge in [0.05, 0.1) is 0 Å². The Hall–Kier alpha value is -0.570. The van der Waals surface area contributed by atoms with Crippen molar-refractivity contribution < 1.29 is 4.79 Å². The first-order chi connectivity index (χ1) is 7.41. The van der Waals surface area contributed by atoms with Gasteiger partial charge in [0.15, 0.2) is 0 Å². The number of carbonyl (C=O) groups is 1. The molecule has 2 bridgehead atoms. The van der Waals surface area contributed by atoms with Crippen molar-refractivity contribution in [3.63, 3.8) is 0 Å². The predicted molar refractivity (Wildman–Crippen MR) is 65.5 cm³/mol. The van der Waals surface area contributed by atoms with Crippen LogP contribution in [0.1, 0.15) is 40.0 Å². The summed E-state index contributed by atoms with van der Waals surface area (Å²) in [5.41, 5.74) is 4.14. The summed E-state index contributed by atoms with van der Waals surface area (Å²) in [6.07, 6.45) is 3.48. The van der Waals surface area contributed by atoms with Gasteiger partial charge in [-0.1, -0.05) is 20.8 Å². The molecule has 4 heteroatoms. The molecule has 90 valence electrons. The topological polar surface area (TPSA) is 41.5 Å². The molecule has 0 aliphatic heterocycles. The van der Waals surface area contributed by atoms with Crippen molar-refractivity contribution >= 4 is 23.2 Å². The largest absolute Gasteiger partial charge is 0.272 e. The normalized spacial score (nSPS) is 38.0. The van der Waals surface area contributed by atoms with E-state index in [2.05, 4.69) is 31.3 Å². The number of hydrogen-bond donors (Lipinski definition) is 1. The highest BCUT2D eigenvalue weighted by Gasteiger charge is 2.59. The molecule has 2 aliphatic carbocycles. The van der Waals surface area contributed by atoms with Crippen LogP contribution < -0.4 is 5.43 Å². The predicted octanol–water partition coefficient (Wildman–Crippen LogP) is 2.54. The van der Waals surface area contributed by atoms with E-state index in [-0.39, 0.29) is 17.2 Å². The van der Waals surface area contributed by atoms with Crippen LogP contribution in [0.2, 0.25) is 0 Å². The zero-order chi connectivity index (χ0) is 12.0. The fourth-order valence-corrected chi connectivity index (χ4v) is 3.32. The minimum atomic E-state index is -0.224. The summed E-state index contributed by atoms with van der Waals surface area (Å²) in [6.45, 7) is 6.90. The molecule has 2 atom stereocenters. The number of hydrazone groups is 1. The Morgan fingerprint density at radius 1 is 1.56 bits per heavy atom. The van der Waals surface area contributed by atoms with Gasteiger partial charge in [-0.2, -0.15) is 5.10 Å². The number of alkyl halides is 1. The Balaban J connectivity index is 2.18. The lowest BCUT2D eigenvalue weighted by molar-refractivity contribution is -0.118. The van der Waals surface area contributed by atoms with Crippen LogP contribution in [0.15, 0.2) is 5.10 Å². The van der Waals surface area contributed by atoms with Gasteiger partial charge >= 0.3 is 0 Å². The number of rotatable bonds is 2. The van der Waals surface area contributed by atoms with Gasteiger partial charge in [0, 0.05) is 11.1 Å². The van der Waals surface area contributed by atoms with E-state index >= 15 is 0 Å². The highest BCUT2D eigenvalue weighted by atomic mass is 35.5. The van der Waals surface area contributed by atoms with Crippen LogP contribution in [0.4, 0.5) is 0 Å². The van der Waals surface area contributed by atoms with Gasteiger partial charge in [0.1, 0.15) is 5.88 Å². The van der Waals surface area contributed by atoms with Gasteiger partial charge in [-0.25, -0.2) is 5.43 Å². The first kappa shape index (κ1) is 11.9. The maximum absolute atomic E-state index is 11.1. The maximum Gasteiger partial charge on any atom is 0.254 e. The lowest BCUT2D eigenvalue weighted by Crippen LogP contribution is -2.34. The van der Waals surface area contributed by atoms with Gasteiger partial charge in [0.2, 0.25) is 0 Å². The Labute approximate surface area is 102 Å². The maximum atomic E-state index is 11.1. The molecule has 1 amide bonds. The number of nitrogens with zero attached hydrogens (tertiary/aromatic N) is 1. The van der Waals surface area contributed by atoms with E-state index in [4.69, 9.17) is 11.6 Å². The molecule has 2 rings (SSSR count). The fourth-order valence-electron chi connectivity index (χ4n) is 3.26. The minimum absolute atomic E-state index is 0.0275. The summed E-state index contributed by atoms with van der Waals surface area (Å²) in [5, 5.41) is 4.28. The molecule has 0 unspecified atom stereocenters. The SMILES string of the molecule is CC1(C)[C@H]2CC[C@]1(C)C(=NNC(=O)CCl)C2. The van der Waals surface area contributed by atoms with E-state index in [1.54, 1.807) is 0 Å². The quantitative estimate of drug-likeness (QED) is 0.587. The number of hydrogen-bond acceptors (Lipinski definition) is 2. The van der Waals surface area contributed by atoms with Gasteiger partial charge in [-0.15, -0.1) is 11.6 Å². The third-order valence-electron chi connectivity index (χ3n) is 4.95. The van der Waals surface area contributed by atoms with E-state index in [1.807, 2.05) is 0 Å². The highest BCUT2D eigenvalue weighted by molar-refractivity contribution is 6.27. The van der Waals surface area contributed by atoms with Crippen molar-refractivity contribution in [1.82, 2.24) is 5.43 Å². The standard InChI is InChI=1S/C12H19ClN2O/c1-11(2)8-4-5-12(11,3)9(6-8)14-15-10(16)7-13/h8H,4-7H2,1-3H3,(H,15,16)/t8-,12+/m0/s1. The summed E-state index contributed by atoms with van der Waals surface area (Å²) in [6, 6.07) is 0. The van der Waals surface area contributed by atoms with Gasteiger partial charge < -0.3 is 0 Å². The van der Waals surface area contributed by atoms with Crippen LogP contribution in [-0.2, 0) is 4.79 Å². The Morgan fingerprint density at radius 2 is 2.25 bits per heavy atom. The molecular formula is C12H19ClN2O. The van der Waals surface area contributed by atoms with Crippen LogP contribution in [0.5, 0.6) is 0 Å². The molecule has 0 aromatic rings. The molecular weight excluding hydrogens is 224 g/mol. The molecule has 2 aliphatic rings. The summed E-state index contributed by atoms with van der Waals surface area (Å²) in [7, 11) is 0. The lowest BCUT2D eigenvalue weighted by Gasteiger charge is -2.34. The van der Waals surface area contributed by atoms with E-state index in [1.165, 1.54) is 12.8 Å². The van der Waals surface area contributed by atoms with Gasteiger partial charge in [-0.3, -0.25) is 4.79 Å². The average molecular weight is 243 g/mol. The molecule has 0 heterocycles. The van der Waals surface area contributed by atoms with Crippen molar-refractivity contribution in [3.05, 3.63) is 0 Å². The summed E-state index contributed by atoms with van der Waals surface area (Å²) in [5.74, 6) is 0.461. The van der Waals surface area contributed by atoms with Crippen molar-refractivity contribution in [2.24, 2.45) is 21.8 Å². The summed E-state index contributed by atoms with van der Waals surface area (Å²) < 4.78 is 0. The Bertz CT molecular complexity index is 351. The van der Waals surface area contributed by atoms with Gasteiger partial charge in [-0.05, 0) is 30.6 Å². The number of nitrogens with one attached hydrogen (secondary N) is 1. The highest BCUT2D eigenvalue weighted by Crippen LogP contribution is 2.63. The molecule has 0 spiro atoms. The van der Waals surface area contributed by atoms with E-state index in [0.29, 0.717) is 11.3 Å². The van der Waals surface area contributed by atoms with Gasteiger partial charge in [0.25, 0.3) is 5.91 Å². The van der Waals surface area contributed by atoms with Crippen LogP contribution >= 0.6 is 11.6 Å². The number of fused-ring (bicyclic) bond motifs is 2. The second-order valence-electron chi connectivity index (χ2n) is 5.72. The van der Waals surface area contributed by atoms with Crippen molar-refractivity contribution in [2.45, 2.75) is 40.0 Å². The van der Waals surface area contributed by atoms with Crippen LogP contribution in [0.25, 0.3) is 0 Å². The molecule has 0 aromatic heterocycles. The first-order valence-electron chi connectivity index (χ1n) is 5.83. The first-order valence-corrected chi connectivity index (χ1v) is 6.37. The second-order valence-corrected chi connectivity index (χ2v) is 5.99.